The van der Waals surface area contributed by atoms with E-state index in [1.54, 1.807) is 24.3 Å². The zero-order valence-electron chi connectivity index (χ0n) is 10.5. The lowest BCUT2D eigenvalue weighted by Crippen LogP contribution is -2.01. The van der Waals surface area contributed by atoms with Gasteiger partial charge in [-0.2, -0.15) is 4.99 Å². The van der Waals surface area contributed by atoms with Crippen molar-refractivity contribution in [3.05, 3.63) is 51.8 Å². The predicted molar refractivity (Wildman–Crippen MR) is 81.3 cm³/mol. The maximum absolute atomic E-state index is 13.1. The molecule has 0 saturated carbocycles. The Labute approximate surface area is 128 Å². The lowest BCUT2D eigenvalue weighted by molar-refractivity contribution is -0.113. The first-order chi connectivity index (χ1) is 10.0. The third-order valence-electron chi connectivity index (χ3n) is 2.74. The van der Waals surface area contributed by atoms with E-state index in [1.807, 2.05) is 0 Å². The Kier molecular flexibility index (Phi) is 3.57. The summed E-state index contributed by atoms with van der Waals surface area (Å²) in [6.45, 7) is 0. The van der Waals surface area contributed by atoms with E-state index in [-0.39, 0.29) is 16.1 Å². The lowest BCUT2D eigenvalue weighted by Gasteiger charge is -1.99. The number of rotatable bonds is 2. The molecular formula is C14H8ClFN2O2S. The van der Waals surface area contributed by atoms with Crippen LogP contribution in [0.3, 0.4) is 0 Å². The van der Waals surface area contributed by atoms with Crippen molar-refractivity contribution in [2.24, 2.45) is 10.7 Å². The number of amidine groups is 1. The molecule has 0 spiro atoms. The minimum Gasteiger partial charge on any atom is -0.457 e. The number of hydrogen-bond acceptors (Lipinski definition) is 4. The molecule has 3 rings (SSSR count). The molecule has 1 amide bonds. The Morgan fingerprint density at radius 3 is 2.81 bits per heavy atom. The Balaban J connectivity index is 1.89. The summed E-state index contributed by atoms with van der Waals surface area (Å²) in [5, 5.41) is 0.231. The average molecular weight is 323 g/mol. The highest BCUT2D eigenvalue weighted by atomic mass is 35.5. The van der Waals surface area contributed by atoms with Gasteiger partial charge in [0.2, 0.25) is 0 Å². The molecule has 0 saturated heterocycles. The summed E-state index contributed by atoms with van der Waals surface area (Å²) >= 11 is 6.82. The second-order valence-electron chi connectivity index (χ2n) is 4.20. The van der Waals surface area contributed by atoms with E-state index in [4.69, 9.17) is 21.8 Å². The molecule has 4 nitrogen and oxygen atoms in total. The van der Waals surface area contributed by atoms with Crippen molar-refractivity contribution in [2.75, 3.05) is 0 Å². The van der Waals surface area contributed by atoms with Gasteiger partial charge in [0, 0.05) is 11.6 Å². The fraction of sp³-hybridized carbons (Fsp3) is 0. The van der Waals surface area contributed by atoms with Crippen LogP contribution in [0.2, 0.25) is 5.02 Å². The van der Waals surface area contributed by atoms with Crippen molar-refractivity contribution in [3.63, 3.8) is 0 Å². The van der Waals surface area contributed by atoms with Gasteiger partial charge in [-0.05, 0) is 42.1 Å². The smallest absolute Gasteiger partial charge is 0.286 e. The molecule has 1 aromatic carbocycles. The van der Waals surface area contributed by atoms with E-state index in [0.717, 1.165) is 11.8 Å². The molecule has 0 aliphatic carbocycles. The predicted octanol–water partition coefficient (Wildman–Crippen LogP) is 3.67. The molecule has 21 heavy (non-hydrogen) atoms. The number of nitrogens with zero attached hydrogens (tertiary/aromatic N) is 1. The number of thioether (sulfide) groups is 1. The van der Waals surface area contributed by atoms with Crippen LogP contribution < -0.4 is 5.73 Å². The highest BCUT2D eigenvalue weighted by Crippen LogP contribution is 2.30. The maximum atomic E-state index is 13.1. The number of furan rings is 1. The molecule has 0 fully saturated rings. The summed E-state index contributed by atoms with van der Waals surface area (Å²) in [6, 6.07) is 7.71. The van der Waals surface area contributed by atoms with Gasteiger partial charge in [-0.3, -0.25) is 4.79 Å². The number of halogens is 2. The molecule has 0 atom stereocenters. The van der Waals surface area contributed by atoms with E-state index < -0.39 is 5.82 Å². The van der Waals surface area contributed by atoms with Gasteiger partial charge in [0.25, 0.3) is 5.91 Å². The Hall–Kier alpha value is -2.05. The molecule has 2 aromatic rings. The third-order valence-corrected chi connectivity index (χ3v) is 3.84. The number of aliphatic imine (C=N–C) groups is 1. The van der Waals surface area contributed by atoms with Gasteiger partial charge in [-0.1, -0.05) is 11.6 Å². The number of benzene rings is 1. The van der Waals surface area contributed by atoms with Crippen LogP contribution in [0, 0.1) is 5.82 Å². The van der Waals surface area contributed by atoms with Gasteiger partial charge in [-0.25, -0.2) is 4.39 Å². The molecule has 1 aliphatic heterocycles. The van der Waals surface area contributed by atoms with Crippen LogP contribution >= 0.6 is 23.4 Å². The highest BCUT2D eigenvalue weighted by molar-refractivity contribution is 8.18. The average Bonchev–Trinajstić information content (AvgIpc) is 3.01. The van der Waals surface area contributed by atoms with E-state index >= 15 is 0 Å². The fourth-order valence-corrected chi connectivity index (χ4v) is 2.63. The lowest BCUT2D eigenvalue weighted by atomic mass is 10.2. The minimum atomic E-state index is -0.491. The molecule has 0 bridgehead atoms. The third kappa shape index (κ3) is 2.86. The Bertz CT molecular complexity index is 798. The topological polar surface area (TPSA) is 68.6 Å². The summed E-state index contributed by atoms with van der Waals surface area (Å²) in [6.07, 6.45) is 1.56. The van der Waals surface area contributed by atoms with E-state index in [1.165, 1.54) is 12.1 Å². The summed E-state index contributed by atoms with van der Waals surface area (Å²) in [7, 11) is 0. The van der Waals surface area contributed by atoms with Crippen LogP contribution in [0.1, 0.15) is 5.76 Å². The van der Waals surface area contributed by atoms with Gasteiger partial charge in [0.05, 0.1) is 9.93 Å². The zero-order valence-corrected chi connectivity index (χ0v) is 12.0. The van der Waals surface area contributed by atoms with Crippen LogP contribution in [-0.2, 0) is 4.79 Å². The highest BCUT2D eigenvalue weighted by Gasteiger charge is 2.20. The number of carbonyl (C=O) groups excluding carboxylic acids is 1. The van der Waals surface area contributed by atoms with Gasteiger partial charge in [0.15, 0.2) is 5.17 Å². The largest absolute Gasteiger partial charge is 0.457 e. The molecule has 106 valence electrons. The Morgan fingerprint density at radius 1 is 1.33 bits per heavy atom. The molecule has 1 aliphatic rings. The summed E-state index contributed by atoms with van der Waals surface area (Å²) < 4.78 is 18.7. The molecule has 0 unspecified atom stereocenters. The van der Waals surface area contributed by atoms with E-state index in [2.05, 4.69) is 4.99 Å². The van der Waals surface area contributed by atoms with Crippen molar-refractivity contribution in [1.82, 2.24) is 0 Å². The quantitative estimate of drug-likeness (QED) is 0.857. The maximum Gasteiger partial charge on any atom is 0.286 e. The molecule has 7 heteroatoms. The van der Waals surface area contributed by atoms with E-state index in [9.17, 15) is 9.18 Å². The number of amides is 1. The van der Waals surface area contributed by atoms with Crippen molar-refractivity contribution in [3.8, 4) is 11.3 Å². The number of nitrogens with two attached hydrogens (primary N) is 1. The van der Waals surface area contributed by atoms with Gasteiger partial charge < -0.3 is 10.2 Å². The van der Waals surface area contributed by atoms with Crippen LogP contribution in [-0.4, -0.2) is 11.1 Å². The molecular weight excluding hydrogens is 315 g/mol. The first-order valence-corrected chi connectivity index (χ1v) is 7.06. The number of carbonyl (C=O) groups is 1. The first-order valence-electron chi connectivity index (χ1n) is 5.86. The number of hydrogen-bond donors (Lipinski definition) is 1. The van der Waals surface area contributed by atoms with E-state index in [0.29, 0.717) is 22.0 Å². The fourth-order valence-electron chi connectivity index (χ4n) is 1.79. The molecule has 1 aromatic heterocycles. The van der Waals surface area contributed by atoms with Crippen molar-refractivity contribution < 1.29 is 13.6 Å². The SMILES string of the molecule is NC1=NC(=O)/C(=C\c2ccc(-c3ccc(F)c(Cl)c3)o2)S1. The summed E-state index contributed by atoms with van der Waals surface area (Å²) in [5.41, 5.74) is 6.11. The first kappa shape index (κ1) is 13.9. The summed E-state index contributed by atoms with van der Waals surface area (Å²) in [4.78, 5) is 15.5. The van der Waals surface area contributed by atoms with Gasteiger partial charge >= 0.3 is 0 Å². The van der Waals surface area contributed by atoms with Gasteiger partial charge in [0.1, 0.15) is 17.3 Å². The van der Waals surface area contributed by atoms with Crippen molar-refractivity contribution in [1.29, 1.82) is 0 Å². The molecule has 0 radical (unpaired) electrons. The van der Waals surface area contributed by atoms with Crippen LogP contribution in [0.4, 0.5) is 4.39 Å². The molecule has 2 N–H and O–H groups in total. The monoisotopic (exact) mass is 322 g/mol. The van der Waals surface area contributed by atoms with Gasteiger partial charge in [-0.15, -0.1) is 0 Å². The second-order valence-corrected chi connectivity index (χ2v) is 5.67. The second kappa shape index (κ2) is 5.38. The van der Waals surface area contributed by atoms with Crippen LogP contribution in [0.15, 0.2) is 44.6 Å². The van der Waals surface area contributed by atoms with Crippen molar-refractivity contribution in [2.45, 2.75) is 0 Å². The Morgan fingerprint density at radius 2 is 2.14 bits per heavy atom. The molecule has 2 heterocycles. The van der Waals surface area contributed by atoms with Crippen LogP contribution in [0.5, 0.6) is 0 Å². The van der Waals surface area contributed by atoms with Crippen molar-refractivity contribution >= 4 is 40.5 Å². The standard InChI is InChI=1S/C14H8ClFN2O2S/c15-9-5-7(1-3-10(9)16)11-4-2-8(20-11)6-12-13(19)18-14(17)21-12/h1-6H,(H2,17,18,19)/b12-6+. The summed E-state index contributed by atoms with van der Waals surface area (Å²) in [5.74, 6) is 0.120. The minimum absolute atomic E-state index is 0.0199. The van der Waals surface area contributed by atoms with Crippen LogP contribution in [0.25, 0.3) is 17.4 Å². The normalized spacial score (nSPS) is 16.6. The zero-order chi connectivity index (χ0) is 15.0.